The van der Waals surface area contributed by atoms with Crippen molar-refractivity contribution in [2.45, 2.75) is 18.7 Å². The summed E-state index contributed by atoms with van der Waals surface area (Å²) in [7, 11) is 1.39. The molecule has 0 heterocycles. The lowest BCUT2D eigenvalue weighted by Gasteiger charge is -2.11. The fourth-order valence-electron chi connectivity index (χ4n) is 2.11. The Morgan fingerprint density at radius 3 is 2.32 bits per heavy atom. The Morgan fingerprint density at radius 2 is 1.76 bits per heavy atom. The molecule has 0 saturated carbocycles. The molecule has 132 valence electrons. The molecule has 0 unspecified atom stereocenters. The number of carbonyl (C=O) groups is 2. The number of hydrogen-bond acceptors (Lipinski definition) is 5. The van der Waals surface area contributed by atoms with Crippen LogP contribution in [0.4, 0.5) is 5.69 Å². The minimum Gasteiger partial charge on any atom is -0.462 e. The molecule has 0 aromatic heterocycles. The number of nitrogens with one attached hydrogen (secondary N) is 1. The molecule has 0 saturated heterocycles. The van der Waals surface area contributed by atoms with Crippen molar-refractivity contribution in [3.05, 3.63) is 59.2 Å². The van der Waals surface area contributed by atoms with Crippen molar-refractivity contribution in [3.63, 3.8) is 0 Å². The van der Waals surface area contributed by atoms with Crippen molar-refractivity contribution in [3.8, 4) is 0 Å². The molecule has 25 heavy (non-hydrogen) atoms. The van der Waals surface area contributed by atoms with Crippen LogP contribution in [0.5, 0.6) is 0 Å². The van der Waals surface area contributed by atoms with Crippen LogP contribution in [0.3, 0.4) is 0 Å². The number of rotatable bonds is 5. The molecule has 8 heteroatoms. The van der Waals surface area contributed by atoms with Crippen LogP contribution in [-0.4, -0.2) is 26.9 Å². The molecule has 1 N–H and O–H groups in total. The van der Waals surface area contributed by atoms with Crippen LogP contribution in [0.15, 0.2) is 47.4 Å². The van der Waals surface area contributed by atoms with Crippen LogP contribution in [-0.2, 0) is 13.8 Å². The average molecular weight is 382 g/mol. The van der Waals surface area contributed by atoms with Gasteiger partial charge in [0.2, 0.25) is 0 Å². The van der Waals surface area contributed by atoms with Gasteiger partial charge >= 0.3 is 5.97 Å². The molecular weight excluding hydrogens is 366 g/mol. The highest BCUT2D eigenvalue weighted by molar-refractivity contribution is 8.13. The van der Waals surface area contributed by atoms with E-state index in [2.05, 4.69) is 5.32 Å². The standard InChI is InChI=1S/C17H16ClNO5S/c1-3-24-17(21)14-10-11(2)4-9-15(14)19-16(20)12-5-7-13(8-6-12)25(18,22)23/h4-10H,3H2,1-2H3,(H,19,20). The minimum atomic E-state index is -3.85. The zero-order valence-corrected chi connectivity index (χ0v) is 15.1. The number of carbonyl (C=O) groups excluding carboxylic acids is 2. The average Bonchev–Trinajstić information content (AvgIpc) is 2.56. The van der Waals surface area contributed by atoms with E-state index in [1.54, 1.807) is 25.1 Å². The maximum absolute atomic E-state index is 12.3. The predicted molar refractivity (Wildman–Crippen MR) is 94.6 cm³/mol. The van der Waals surface area contributed by atoms with Gasteiger partial charge in [-0.1, -0.05) is 11.6 Å². The molecule has 0 aliphatic heterocycles. The van der Waals surface area contributed by atoms with Gasteiger partial charge in [0.15, 0.2) is 0 Å². The van der Waals surface area contributed by atoms with Gasteiger partial charge in [-0.3, -0.25) is 4.79 Å². The first kappa shape index (κ1) is 19.0. The maximum Gasteiger partial charge on any atom is 0.340 e. The maximum atomic E-state index is 12.3. The number of anilines is 1. The number of aryl methyl sites for hydroxylation is 1. The summed E-state index contributed by atoms with van der Waals surface area (Å²) < 4.78 is 27.5. The van der Waals surface area contributed by atoms with Gasteiger partial charge in [-0.25, -0.2) is 13.2 Å². The number of amides is 1. The topological polar surface area (TPSA) is 89.5 Å². The van der Waals surface area contributed by atoms with E-state index < -0.39 is 20.9 Å². The fourth-order valence-corrected chi connectivity index (χ4v) is 2.88. The van der Waals surface area contributed by atoms with E-state index in [0.717, 1.165) is 5.56 Å². The van der Waals surface area contributed by atoms with Gasteiger partial charge in [-0.2, -0.15) is 0 Å². The van der Waals surface area contributed by atoms with Crippen molar-refractivity contribution in [2.24, 2.45) is 0 Å². The van der Waals surface area contributed by atoms with Crippen LogP contribution < -0.4 is 5.32 Å². The van der Waals surface area contributed by atoms with E-state index in [1.165, 1.54) is 24.3 Å². The Morgan fingerprint density at radius 1 is 1.12 bits per heavy atom. The SMILES string of the molecule is CCOC(=O)c1cc(C)ccc1NC(=O)c1ccc(S(=O)(=O)Cl)cc1. The van der Waals surface area contributed by atoms with Gasteiger partial charge < -0.3 is 10.1 Å². The summed E-state index contributed by atoms with van der Waals surface area (Å²) in [5, 5.41) is 2.63. The molecule has 0 atom stereocenters. The lowest BCUT2D eigenvalue weighted by Crippen LogP contribution is -2.16. The van der Waals surface area contributed by atoms with Crippen molar-refractivity contribution in [1.29, 1.82) is 0 Å². The Labute approximate surface area is 150 Å². The molecule has 0 aliphatic rings. The molecule has 0 aliphatic carbocycles. The highest BCUT2D eigenvalue weighted by atomic mass is 35.7. The third-order valence-corrected chi connectivity index (χ3v) is 4.69. The van der Waals surface area contributed by atoms with E-state index >= 15 is 0 Å². The molecule has 1 amide bonds. The second-order valence-electron chi connectivity index (χ2n) is 5.19. The third-order valence-electron chi connectivity index (χ3n) is 3.32. The molecule has 2 aromatic carbocycles. The van der Waals surface area contributed by atoms with Crippen molar-refractivity contribution in [1.82, 2.24) is 0 Å². The normalized spacial score (nSPS) is 11.0. The number of esters is 1. The number of hydrogen-bond donors (Lipinski definition) is 1. The number of halogens is 1. The fraction of sp³-hybridized carbons (Fsp3) is 0.176. The minimum absolute atomic E-state index is 0.103. The van der Waals surface area contributed by atoms with Gasteiger partial charge in [0.25, 0.3) is 15.0 Å². The van der Waals surface area contributed by atoms with Crippen LogP contribution >= 0.6 is 10.7 Å². The van der Waals surface area contributed by atoms with E-state index in [1.807, 2.05) is 6.92 Å². The summed E-state index contributed by atoms with van der Waals surface area (Å²) in [6.07, 6.45) is 0. The monoisotopic (exact) mass is 381 g/mol. The molecule has 6 nitrogen and oxygen atoms in total. The van der Waals surface area contributed by atoms with E-state index in [4.69, 9.17) is 15.4 Å². The Hall–Kier alpha value is -2.38. The molecular formula is C17H16ClNO5S. The zero-order valence-electron chi connectivity index (χ0n) is 13.6. The first-order chi connectivity index (χ1) is 11.7. The van der Waals surface area contributed by atoms with Crippen molar-refractivity contribution < 1.29 is 22.7 Å². The lowest BCUT2D eigenvalue weighted by atomic mass is 10.1. The quantitative estimate of drug-likeness (QED) is 0.633. The lowest BCUT2D eigenvalue weighted by molar-refractivity contribution is 0.0527. The Bertz CT molecular complexity index is 907. The second kappa shape index (κ2) is 7.67. The van der Waals surface area contributed by atoms with Crippen LogP contribution in [0, 0.1) is 6.92 Å². The highest BCUT2D eigenvalue weighted by Gasteiger charge is 2.16. The number of benzene rings is 2. The van der Waals surface area contributed by atoms with E-state index in [0.29, 0.717) is 5.69 Å². The summed E-state index contributed by atoms with van der Waals surface area (Å²) in [4.78, 5) is 24.3. The highest BCUT2D eigenvalue weighted by Crippen LogP contribution is 2.21. The zero-order chi connectivity index (χ0) is 18.6. The summed E-state index contributed by atoms with van der Waals surface area (Å²) in [5.74, 6) is -1.03. The second-order valence-corrected chi connectivity index (χ2v) is 7.75. The Kier molecular flexibility index (Phi) is 5.81. The van der Waals surface area contributed by atoms with E-state index in [-0.39, 0.29) is 22.6 Å². The van der Waals surface area contributed by atoms with Crippen LogP contribution in [0.2, 0.25) is 0 Å². The molecule has 0 radical (unpaired) electrons. The molecule has 2 aromatic rings. The summed E-state index contributed by atoms with van der Waals surface area (Å²) in [6.45, 7) is 3.73. The molecule has 2 rings (SSSR count). The molecule has 0 bridgehead atoms. The summed E-state index contributed by atoms with van der Waals surface area (Å²) in [5.41, 5.74) is 1.62. The summed E-state index contributed by atoms with van der Waals surface area (Å²) >= 11 is 0. The van der Waals surface area contributed by atoms with Crippen LogP contribution in [0.1, 0.15) is 33.2 Å². The first-order valence-corrected chi connectivity index (χ1v) is 9.67. The largest absolute Gasteiger partial charge is 0.462 e. The summed E-state index contributed by atoms with van der Waals surface area (Å²) in [6, 6.07) is 10.1. The first-order valence-electron chi connectivity index (χ1n) is 7.36. The molecule has 0 fully saturated rings. The Balaban J connectivity index is 2.27. The van der Waals surface area contributed by atoms with Crippen molar-refractivity contribution >= 4 is 37.3 Å². The van der Waals surface area contributed by atoms with Gasteiger partial charge in [-0.15, -0.1) is 0 Å². The molecule has 0 spiro atoms. The van der Waals surface area contributed by atoms with Gasteiger partial charge in [-0.05, 0) is 50.2 Å². The van der Waals surface area contributed by atoms with Crippen molar-refractivity contribution in [2.75, 3.05) is 11.9 Å². The van der Waals surface area contributed by atoms with Crippen LogP contribution in [0.25, 0.3) is 0 Å². The van der Waals surface area contributed by atoms with E-state index in [9.17, 15) is 18.0 Å². The van der Waals surface area contributed by atoms with Gasteiger partial charge in [0.05, 0.1) is 22.8 Å². The predicted octanol–water partition coefficient (Wildman–Crippen LogP) is 3.35. The third kappa shape index (κ3) is 4.80. The number of ether oxygens (including phenoxy) is 1. The van der Waals surface area contributed by atoms with Gasteiger partial charge in [0, 0.05) is 16.2 Å². The van der Waals surface area contributed by atoms with Gasteiger partial charge in [0.1, 0.15) is 0 Å². The smallest absolute Gasteiger partial charge is 0.340 e.